The Balaban J connectivity index is 1.75. The number of aryl methyl sites for hydroxylation is 1. The maximum Gasteiger partial charge on any atom is 0.254 e. The zero-order valence-electron chi connectivity index (χ0n) is 15.6. The van der Waals surface area contributed by atoms with Crippen LogP contribution in [0.1, 0.15) is 41.3 Å². The lowest BCUT2D eigenvalue weighted by atomic mass is 9.98. The second kappa shape index (κ2) is 8.32. The number of pyridine rings is 1. The summed E-state index contributed by atoms with van der Waals surface area (Å²) >= 11 is 0. The van der Waals surface area contributed by atoms with E-state index in [0.29, 0.717) is 24.6 Å². The number of carbonyl (C=O) groups excluding carboxylic acids is 1. The van der Waals surface area contributed by atoms with Crippen LogP contribution in [0.3, 0.4) is 0 Å². The SMILES string of the molecule is COCc1ccccc1C(=O)N1C[C@H](Oc2cc(C)ccn2)CC[C@H]1C. The van der Waals surface area contributed by atoms with Crippen LogP contribution in [0.4, 0.5) is 0 Å². The van der Waals surface area contributed by atoms with Crippen LogP contribution in [-0.4, -0.2) is 41.6 Å². The zero-order chi connectivity index (χ0) is 18.5. The minimum absolute atomic E-state index is 0.0376. The van der Waals surface area contributed by atoms with E-state index < -0.39 is 0 Å². The Bertz CT molecular complexity index is 762. The summed E-state index contributed by atoms with van der Waals surface area (Å²) in [6, 6.07) is 11.7. The molecule has 1 amide bonds. The van der Waals surface area contributed by atoms with E-state index in [4.69, 9.17) is 9.47 Å². The third-order valence-electron chi connectivity index (χ3n) is 4.83. The van der Waals surface area contributed by atoms with Crippen molar-refractivity contribution in [3.63, 3.8) is 0 Å². The molecule has 2 heterocycles. The van der Waals surface area contributed by atoms with Crippen molar-refractivity contribution in [2.75, 3.05) is 13.7 Å². The lowest BCUT2D eigenvalue weighted by Gasteiger charge is -2.38. The standard InChI is InChI=1S/C21H26N2O3/c1-15-10-11-22-20(12-15)26-18-9-8-16(2)23(13-18)21(24)19-7-5-4-6-17(19)14-25-3/h4-7,10-12,16,18H,8-9,13-14H2,1-3H3/t16-,18-/m1/s1. The molecule has 2 atom stereocenters. The van der Waals surface area contributed by atoms with Crippen LogP contribution in [0.25, 0.3) is 0 Å². The zero-order valence-corrected chi connectivity index (χ0v) is 15.6. The first-order valence-electron chi connectivity index (χ1n) is 9.05. The molecule has 0 aliphatic carbocycles. The maximum atomic E-state index is 13.2. The second-order valence-electron chi connectivity index (χ2n) is 6.89. The summed E-state index contributed by atoms with van der Waals surface area (Å²) < 4.78 is 11.3. The Hall–Kier alpha value is -2.40. The van der Waals surface area contributed by atoms with E-state index in [2.05, 4.69) is 11.9 Å². The first-order chi connectivity index (χ1) is 12.6. The minimum atomic E-state index is -0.0426. The Morgan fingerprint density at radius 1 is 1.27 bits per heavy atom. The molecule has 0 saturated carbocycles. The molecule has 2 aromatic rings. The average Bonchev–Trinajstić information content (AvgIpc) is 2.63. The predicted molar refractivity (Wildman–Crippen MR) is 100 cm³/mol. The molecule has 1 aromatic heterocycles. The summed E-state index contributed by atoms with van der Waals surface area (Å²) in [7, 11) is 1.64. The highest BCUT2D eigenvalue weighted by Gasteiger charge is 2.31. The largest absolute Gasteiger partial charge is 0.472 e. The summed E-state index contributed by atoms with van der Waals surface area (Å²) in [6.07, 6.45) is 3.54. The highest BCUT2D eigenvalue weighted by molar-refractivity contribution is 5.96. The Kier molecular flexibility index (Phi) is 5.89. The number of amides is 1. The van der Waals surface area contributed by atoms with Gasteiger partial charge >= 0.3 is 0 Å². The molecule has 5 heteroatoms. The molecule has 0 unspecified atom stereocenters. The van der Waals surface area contributed by atoms with E-state index in [0.717, 1.165) is 24.0 Å². The van der Waals surface area contributed by atoms with Gasteiger partial charge in [0.1, 0.15) is 6.10 Å². The molecule has 5 nitrogen and oxygen atoms in total. The van der Waals surface area contributed by atoms with Crippen LogP contribution in [0, 0.1) is 6.92 Å². The fourth-order valence-electron chi connectivity index (χ4n) is 3.36. The van der Waals surface area contributed by atoms with Gasteiger partial charge in [-0.2, -0.15) is 0 Å². The number of aromatic nitrogens is 1. The fraction of sp³-hybridized carbons (Fsp3) is 0.429. The summed E-state index contributed by atoms with van der Waals surface area (Å²) in [6.45, 7) is 5.10. The van der Waals surface area contributed by atoms with Gasteiger partial charge < -0.3 is 14.4 Å². The molecule has 1 aliphatic rings. The number of benzene rings is 1. The van der Waals surface area contributed by atoms with Crippen molar-refractivity contribution in [2.24, 2.45) is 0 Å². The number of rotatable bonds is 5. The molecule has 138 valence electrons. The number of hydrogen-bond acceptors (Lipinski definition) is 4. The number of methoxy groups -OCH3 is 1. The molecule has 1 fully saturated rings. The van der Waals surface area contributed by atoms with Crippen LogP contribution in [0.15, 0.2) is 42.6 Å². The minimum Gasteiger partial charge on any atom is -0.472 e. The van der Waals surface area contributed by atoms with Crippen molar-refractivity contribution >= 4 is 5.91 Å². The van der Waals surface area contributed by atoms with Crippen LogP contribution >= 0.6 is 0 Å². The van der Waals surface area contributed by atoms with Crippen LogP contribution < -0.4 is 4.74 Å². The average molecular weight is 354 g/mol. The van der Waals surface area contributed by atoms with E-state index in [1.807, 2.05) is 48.2 Å². The summed E-state index contributed by atoms with van der Waals surface area (Å²) in [5.74, 6) is 0.660. The van der Waals surface area contributed by atoms with Crippen LogP contribution in [-0.2, 0) is 11.3 Å². The number of ether oxygens (including phenoxy) is 2. The van der Waals surface area contributed by atoms with Gasteiger partial charge in [0, 0.05) is 31.0 Å². The van der Waals surface area contributed by atoms with Crippen molar-refractivity contribution in [3.05, 3.63) is 59.3 Å². The third-order valence-corrected chi connectivity index (χ3v) is 4.83. The van der Waals surface area contributed by atoms with E-state index in [1.165, 1.54) is 0 Å². The van der Waals surface area contributed by atoms with Crippen molar-refractivity contribution in [3.8, 4) is 5.88 Å². The molecule has 3 rings (SSSR count). The van der Waals surface area contributed by atoms with Gasteiger partial charge in [-0.15, -0.1) is 0 Å². The molecular weight excluding hydrogens is 328 g/mol. The summed E-state index contributed by atoms with van der Waals surface area (Å²) in [4.78, 5) is 19.3. The normalized spacial score (nSPS) is 20.0. The third kappa shape index (κ3) is 4.22. The fourth-order valence-corrected chi connectivity index (χ4v) is 3.36. The Morgan fingerprint density at radius 3 is 2.85 bits per heavy atom. The lowest BCUT2D eigenvalue weighted by molar-refractivity contribution is 0.0369. The molecule has 0 spiro atoms. The molecule has 1 aromatic carbocycles. The van der Waals surface area contributed by atoms with Gasteiger partial charge in [-0.05, 0) is 49.9 Å². The lowest BCUT2D eigenvalue weighted by Crippen LogP contribution is -2.49. The number of nitrogens with zero attached hydrogens (tertiary/aromatic N) is 2. The molecule has 1 saturated heterocycles. The maximum absolute atomic E-state index is 13.2. The van der Waals surface area contributed by atoms with Gasteiger partial charge in [0.2, 0.25) is 5.88 Å². The molecular formula is C21H26N2O3. The number of hydrogen-bond donors (Lipinski definition) is 0. The van der Waals surface area contributed by atoms with Crippen molar-refractivity contribution in [2.45, 2.75) is 45.4 Å². The van der Waals surface area contributed by atoms with Gasteiger partial charge in [0.05, 0.1) is 13.2 Å². The predicted octanol–water partition coefficient (Wildman–Crippen LogP) is 3.61. The first kappa shape index (κ1) is 18.4. The van der Waals surface area contributed by atoms with Gasteiger partial charge in [0.15, 0.2) is 0 Å². The van der Waals surface area contributed by atoms with Crippen LogP contribution in [0.2, 0.25) is 0 Å². The first-order valence-corrected chi connectivity index (χ1v) is 9.05. The molecule has 1 aliphatic heterocycles. The molecule has 26 heavy (non-hydrogen) atoms. The monoisotopic (exact) mass is 354 g/mol. The van der Waals surface area contributed by atoms with E-state index >= 15 is 0 Å². The molecule has 0 radical (unpaired) electrons. The Labute approximate surface area is 155 Å². The summed E-state index contributed by atoms with van der Waals surface area (Å²) in [5.41, 5.74) is 2.73. The number of likely N-dealkylation sites (tertiary alicyclic amines) is 1. The second-order valence-corrected chi connectivity index (χ2v) is 6.89. The van der Waals surface area contributed by atoms with Gasteiger partial charge in [-0.25, -0.2) is 4.98 Å². The molecule has 0 bridgehead atoms. The molecule has 0 N–H and O–H groups in total. The van der Waals surface area contributed by atoms with Gasteiger partial charge in [-0.3, -0.25) is 4.79 Å². The highest BCUT2D eigenvalue weighted by Crippen LogP contribution is 2.24. The quantitative estimate of drug-likeness (QED) is 0.823. The van der Waals surface area contributed by atoms with E-state index in [-0.39, 0.29) is 18.1 Å². The van der Waals surface area contributed by atoms with E-state index in [1.54, 1.807) is 13.3 Å². The van der Waals surface area contributed by atoms with Crippen LogP contribution in [0.5, 0.6) is 5.88 Å². The van der Waals surface area contributed by atoms with E-state index in [9.17, 15) is 4.79 Å². The van der Waals surface area contributed by atoms with Crippen molar-refractivity contribution < 1.29 is 14.3 Å². The topological polar surface area (TPSA) is 51.7 Å². The van der Waals surface area contributed by atoms with Crippen molar-refractivity contribution in [1.29, 1.82) is 0 Å². The highest BCUT2D eigenvalue weighted by atomic mass is 16.5. The number of carbonyl (C=O) groups is 1. The Morgan fingerprint density at radius 2 is 2.08 bits per heavy atom. The smallest absolute Gasteiger partial charge is 0.254 e. The van der Waals surface area contributed by atoms with Gasteiger partial charge in [-0.1, -0.05) is 18.2 Å². The van der Waals surface area contributed by atoms with Crippen molar-refractivity contribution in [1.82, 2.24) is 9.88 Å². The summed E-state index contributed by atoms with van der Waals surface area (Å²) in [5, 5.41) is 0. The number of piperidine rings is 1. The van der Waals surface area contributed by atoms with Gasteiger partial charge in [0.25, 0.3) is 5.91 Å².